The number of hydrogen-bond donors (Lipinski definition) is 0. The zero-order valence-corrected chi connectivity index (χ0v) is 6.55. The third-order valence-electron chi connectivity index (χ3n) is 1.10. The number of rotatable bonds is 4. The number of allylic oxidation sites excluding steroid dienone is 1. The molecule has 0 atom stereocenters. The van der Waals surface area contributed by atoms with Crippen molar-refractivity contribution >= 4 is 11.8 Å². The van der Waals surface area contributed by atoms with E-state index in [1.807, 2.05) is 0 Å². The molecule has 0 saturated heterocycles. The summed E-state index contributed by atoms with van der Waals surface area (Å²) in [5.41, 5.74) is 0. The second-order valence-electron chi connectivity index (χ2n) is 1.85. The molecule has 0 radical (unpaired) electrons. The van der Waals surface area contributed by atoms with Crippen LogP contribution in [0.3, 0.4) is 0 Å². The van der Waals surface area contributed by atoms with Crippen molar-refractivity contribution in [2.45, 2.75) is 26.2 Å². The molecule has 0 aliphatic heterocycles. The van der Waals surface area contributed by atoms with E-state index in [2.05, 4.69) is 19.8 Å². The van der Waals surface area contributed by atoms with Crippen LogP contribution in [0.15, 0.2) is 11.5 Å². The van der Waals surface area contributed by atoms with Crippen LogP contribution in [-0.2, 0) is 0 Å². The third kappa shape index (κ3) is 4.25. The zero-order chi connectivity index (χ0) is 6.41. The molecule has 0 amide bonds. The highest BCUT2D eigenvalue weighted by molar-refractivity contribution is 8.02. The highest BCUT2D eigenvalue weighted by Crippen LogP contribution is 2.15. The Morgan fingerprint density at radius 1 is 1.62 bits per heavy atom. The first kappa shape index (κ1) is 8.09. The lowest BCUT2D eigenvalue weighted by molar-refractivity contribution is 0.810. The van der Waals surface area contributed by atoms with Gasteiger partial charge in [-0.25, -0.2) is 0 Å². The molecule has 48 valence electrons. The summed E-state index contributed by atoms with van der Waals surface area (Å²) < 4.78 is 0. The molecule has 0 aromatic heterocycles. The van der Waals surface area contributed by atoms with Crippen LogP contribution in [0.5, 0.6) is 0 Å². The van der Waals surface area contributed by atoms with E-state index in [4.69, 9.17) is 0 Å². The Morgan fingerprint density at radius 2 is 2.25 bits per heavy atom. The van der Waals surface area contributed by atoms with Crippen LogP contribution in [0.1, 0.15) is 26.2 Å². The molecular formula is C7H14S. The van der Waals surface area contributed by atoms with Crippen molar-refractivity contribution in [3.8, 4) is 0 Å². The average molecular weight is 130 g/mol. The Labute approximate surface area is 56.4 Å². The van der Waals surface area contributed by atoms with E-state index in [9.17, 15) is 0 Å². The molecular weight excluding hydrogens is 116 g/mol. The molecule has 0 aromatic rings. The lowest BCUT2D eigenvalue weighted by Crippen LogP contribution is -1.72. The van der Waals surface area contributed by atoms with Gasteiger partial charge in [-0.15, -0.1) is 11.8 Å². The Morgan fingerprint density at radius 3 is 2.62 bits per heavy atom. The first-order valence-corrected chi connectivity index (χ1v) is 4.25. The van der Waals surface area contributed by atoms with Gasteiger partial charge in [0.05, 0.1) is 0 Å². The normalized spacial score (nSPS) is 9.25. The smallest absolute Gasteiger partial charge is 0.0140 e. The minimum Gasteiger partial charge on any atom is -0.135 e. The summed E-state index contributed by atoms with van der Waals surface area (Å²) in [4.78, 5) is 1.31. The average Bonchev–Trinajstić information content (AvgIpc) is 1.83. The Kier molecular flexibility index (Phi) is 5.29. The minimum absolute atomic E-state index is 1.19. The second-order valence-corrected chi connectivity index (χ2v) is 2.83. The van der Waals surface area contributed by atoms with Crippen molar-refractivity contribution in [1.29, 1.82) is 0 Å². The van der Waals surface area contributed by atoms with Gasteiger partial charge < -0.3 is 0 Å². The second kappa shape index (κ2) is 5.23. The van der Waals surface area contributed by atoms with E-state index in [-0.39, 0.29) is 0 Å². The lowest BCUT2D eigenvalue weighted by Gasteiger charge is -1.96. The summed E-state index contributed by atoms with van der Waals surface area (Å²) in [6, 6.07) is 0. The first-order chi connectivity index (χ1) is 3.81. The minimum atomic E-state index is 1.19. The topological polar surface area (TPSA) is 0 Å². The molecule has 0 aliphatic carbocycles. The van der Waals surface area contributed by atoms with E-state index >= 15 is 0 Å². The van der Waals surface area contributed by atoms with Gasteiger partial charge in [-0.05, 0) is 24.0 Å². The molecule has 0 saturated carbocycles. The van der Waals surface area contributed by atoms with Gasteiger partial charge in [0, 0.05) is 0 Å². The van der Waals surface area contributed by atoms with E-state index in [1.165, 1.54) is 24.2 Å². The van der Waals surface area contributed by atoms with Crippen LogP contribution in [0.4, 0.5) is 0 Å². The maximum Gasteiger partial charge on any atom is -0.0140 e. The summed E-state index contributed by atoms with van der Waals surface area (Å²) in [5, 5.41) is 0. The van der Waals surface area contributed by atoms with Crippen molar-refractivity contribution in [2.75, 3.05) is 6.26 Å². The molecule has 0 spiro atoms. The summed E-state index contributed by atoms with van der Waals surface area (Å²) in [5.74, 6) is 0. The fourth-order valence-electron chi connectivity index (χ4n) is 0.476. The van der Waals surface area contributed by atoms with Crippen LogP contribution in [0.2, 0.25) is 0 Å². The monoisotopic (exact) mass is 130 g/mol. The zero-order valence-electron chi connectivity index (χ0n) is 5.74. The summed E-state index contributed by atoms with van der Waals surface area (Å²) >= 11 is 1.77. The van der Waals surface area contributed by atoms with Gasteiger partial charge in [0.25, 0.3) is 0 Å². The standard InChI is InChI=1S/C7H14S/c1-4-5-6-7(2)8-3/h2,4-6H2,1,3H3. The van der Waals surface area contributed by atoms with Crippen LogP contribution < -0.4 is 0 Å². The lowest BCUT2D eigenvalue weighted by atomic mass is 10.2. The first-order valence-electron chi connectivity index (χ1n) is 3.03. The van der Waals surface area contributed by atoms with E-state index in [1.54, 1.807) is 11.8 Å². The third-order valence-corrected chi connectivity index (χ3v) is 1.88. The maximum atomic E-state index is 3.87. The van der Waals surface area contributed by atoms with Gasteiger partial charge in [0.15, 0.2) is 0 Å². The van der Waals surface area contributed by atoms with Crippen molar-refractivity contribution < 1.29 is 0 Å². The van der Waals surface area contributed by atoms with Gasteiger partial charge in [0.1, 0.15) is 0 Å². The molecule has 8 heavy (non-hydrogen) atoms. The molecule has 0 aliphatic rings. The van der Waals surface area contributed by atoms with Gasteiger partial charge in [0.2, 0.25) is 0 Å². The molecule has 0 nitrogen and oxygen atoms in total. The fourth-order valence-corrected chi connectivity index (χ4v) is 0.824. The molecule has 0 fully saturated rings. The van der Waals surface area contributed by atoms with Gasteiger partial charge in [-0.1, -0.05) is 19.9 Å². The van der Waals surface area contributed by atoms with Gasteiger partial charge in [-0.2, -0.15) is 0 Å². The Bertz CT molecular complexity index is 66.8. The van der Waals surface area contributed by atoms with Crippen LogP contribution in [-0.4, -0.2) is 6.26 Å². The molecule has 0 bridgehead atoms. The van der Waals surface area contributed by atoms with Crippen molar-refractivity contribution in [2.24, 2.45) is 0 Å². The molecule has 0 N–H and O–H groups in total. The maximum absolute atomic E-state index is 3.87. The molecule has 0 unspecified atom stereocenters. The molecule has 0 rings (SSSR count). The summed E-state index contributed by atoms with van der Waals surface area (Å²) in [6.07, 6.45) is 5.84. The summed E-state index contributed by atoms with van der Waals surface area (Å²) in [7, 11) is 0. The largest absolute Gasteiger partial charge is 0.135 e. The SMILES string of the molecule is C=C(CCCC)SC. The quantitative estimate of drug-likeness (QED) is 0.563. The number of thioether (sulfide) groups is 1. The van der Waals surface area contributed by atoms with Crippen LogP contribution in [0, 0.1) is 0 Å². The van der Waals surface area contributed by atoms with E-state index in [0.717, 1.165) is 0 Å². The fraction of sp³-hybridized carbons (Fsp3) is 0.714. The van der Waals surface area contributed by atoms with E-state index in [0.29, 0.717) is 0 Å². The molecule has 0 aromatic carbocycles. The van der Waals surface area contributed by atoms with Crippen molar-refractivity contribution in [3.63, 3.8) is 0 Å². The van der Waals surface area contributed by atoms with Crippen molar-refractivity contribution in [1.82, 2.24) is 0 Å². The molecule has 0 heterocycles. The number of hydrogen-bond acceptors (Lipinski definition) is 1. The van der Waals surface area contributed by atoms with Crippen molar-refractivity contribution in [3.05, 3.63) is 11.5 Å². The predicted molar refractivity (Wildman–Crippen MR) is 42.2 cm³/mol. The van der Waals surface area contributed by atoms with E-state index < -0.39 is 0 Å². The van der Waals surface area contributed by atoms with Crippen LogP contribution >= 0.6 is 11.8 Å². The highest BCUT2D eigenvalue weighted by Gasteiger charge is 1.87. The summed E-state index contributed by atoms with van der Waals surface area (Å²) in [6.45, 7) is 6.08. The highest BCUT2D eigenvalue weighted by atomic mass is 32.2. The Hall–Kier alpha value is 0.0900. The predicted octanol–water partition coefficient (Wildman–Crippen LogP) is 3.05. The van der Waals surface area contributed by atoms with Crippen LogP contribution in [0.25, 0.3) is 0 Å². The Balaban J connectivity index is 2.99. The van der Waals surface area contributed by atoms with Gasteiger partial charge >= 0.3 is 0 Å². The molecule has 1 heteroatoms. The number of unbranched alkanes of at least 4 members (excludes halogenated alkanes) is 1. The van der Waals surface area contributed by atoms with Gasteiger partial charge in [-0.3, -0.25) is 0 Å².